The molecular formula is C17H10Cl2N2O3. The van der Waals surface area contributed by atoms with Crippen LogP contribution in [0.4, 0.5) is 0 Å². The van der Waals surface area contributed by atoms with Crippen LogP contribution in [0, 0.1) is 0 Å². The number of aromatic carboxylic acids is 1. The Labute approximate surface area is 147 Å². The zero-order valence-corrected chi connectivity index (χ0v) is 13.6. The maximum absolute atomic E-state index is 13.1. The number of carbonyl (C=O) groups is 2. The lowest BCUT2D eigenvalue weighted by atomic mass is 9.86. The number of nitrogens with zero attached hydrogens (tertiary/aromatic N) is 2. The van der Waals surface area contributed by atoms with Crippen molar-refractivity contribution in [3.05, 3.63) is 75.5 Å². The molecule has 0 saturated carbocycles. The van der Waals surface area contributed by atoms with Crippen LogP contribution in [0.2, 0.25) is 10.0 Å². The maximum atomic E-state index is 13.1. The molecule has 2 aromatic rings. The maximum Gasteiger partial charge on any atom is 0.337 e. The molecule has 0 amide bonds. The van der Waals surface area contributed by atoms with E-state index < -0.39 is 17.3 Å². The van der Waals surface area contributed by atoms with E-state index in [1.807, 2.05) is 0 Å². The Hall–Kier alpha value is -2.50. The van der Waals surface area contributed by atoms with Gasteiger partial charge in [0.2, 0.25) is 5.78 Å². The number of carboxylic acid groups (broad SMARTS) is 1. The van der Waals surface area contributed by atoms with Gasteiger partial charge in [-0.2, -0.15) is 0 Å². The van der Waals surface area contributed by atoms with Gasteiger partial charge < -0.3 is 5.11 Å². The second-order valence-electron chi connectivity index (χ2n) is 5.09. The topological polar surface area (TPSA) is 79.6 Å². The predicted octanol–water partition coefficient (Wildman–Crippen LogP) is 3.81. The van der Waals surface area contributed by atoms with Crippen molar-refractivity contribution in [2.75, 3.05) is 0 Å². The Morgan fingerprint density at radius 1 is 1.12 bits per heavy atom. The fourth-order valence-corrected chi connectivity index (χ4v) is 2.79. The molecule has 1 N–H and O–H groups in total. The molecule has 1 aliphatic heterocycles. The second kappa shape index (κ2) is 6.19. The summed E-state index contributed by atoms with van der Waals surface area (Å²) in [5, 5.41) is 9.60. The van der Waals surface area contributed by atoms with Gasteiger partial charge in [0.1, 0.15) is 0 Å². The summed E-state index contributed by atoms with van der Waals surface area (Å²) in [6.07, 6.45) is 5.90. The van der Waals surface area contributed by atoms with Crippen molar-refractivity contribution in [2.24, 2.45) is 4.99 Å². The number of benzene rings is 1. The predicted molar refractivity (Wildman–Crippen MR) is 91.3 cm³/mol. The van der Waals surface area contributed by atoms with E-state index in [9.17, 15) is 9.59 Å². The smallest absolute Gasteiger partial charge is 0.337 e. The first-order chi connectivity index (χ1) is 11.4. The van der Waals surface area contributed by atoms with E-state index in [1.165, 1.54) is 36.7 Å². The van der Waals surface area contributed by atoms with Crippen LogP contribution in [-0.4, -0.2) is 28.1 Å². The molecule has 1 aromatic carbocycles. The van der Waals surface area contributed by atoms with Crippen LogP contribution in [0.5, 0.6) is 0 Å². The molecule has 0 radical (unpaired) electrons. The molecule has 0 bridgehead atoms. The Kier molecular flexibility index (Phi) is 4.22. The normalized spacial score (nSPS) is 18.8. The number of halogens is 2. The number of carbonyl (C=O) groups excluding carboxylic acids is 1. The highest BCUT2D eigenvalue weighted by Gasteiger charge is 2.41. The third-order valence-corrected chi connectivity index (χ3v) is 4.19. The highest BCUT2D eigenvalue weighted by molar-refractivity contribution is 6.36. The van der Waals surface area contributed by atoms with E-state index in [4.69, 9.17) is 28.3 Å². The molecule has 7 heteroatoms. The zero-order valence-electron chi connectivity index (χ0n) is 12.1. The van der Waals surface area contributed by atoms with Gasteiger partial charge in [0.25, 0.3) is 0 Å². The van der Waals surface area contributed by atoms with Crippen molar-refractivity contribution < 1.29 is 14.7 Å². The van der Waals surface area contributed by atoms with E-state index >= 15 is 0 Å². The van der Waals surface area contributed by atoms with Crippen molar-refractivity contribution in [2.45, 2.75) is 5.54 Å². The van der Waals surface area contributed by atoms with Gasteiger partial charge in [-0.3, -0.25) is 14.8 Å². The Bertz CT molecular complexity index is 877. The molecule has 0 spiro atoms. The average molecular weight is 361 g/mol. The summed E-state index contributed by atoms with van der Waals surface area (Å²) in [7, 11) is 0. The van der Waals surface area contributed by atoms with E-state index in [0.29, 0.717) is 10.7 Å². The van der Waals surface area contributed by atoms with E-state index in [-0.39, 0.29) is 16.1 Å². The average Bonchev–Trinajstić information content (AvgIpc) is 3.07. The number of aliphatic imine (C=N–C) groups is 1. The van der Waals surface area contributed by atoms with Gasteiger partial charge >= 0.3 is 5.97 Å². The van der Waals surface area contributed by atoms with E-state index in [2.05, 4.69) is 9.98 Å². The number of Topliss-reactive ketones (excluding diaryl/α,β-unsaturated/α-hetero) is 1. The molecule has 5 nitrogen and oxygen atoms in total. The monoisotopic (exact) mass is 360 g/mol. The first-order valence-corrected chi connectivity index (χ1v) is 7.62. The molecule has 1 unspecified atom stereocenters. The minimum Gasteiger partial charge on any atom is -0.478 e. The number of hydrogen-bond acceptors (Lipinski definition) is 4. The van der Waals surface area contributed by atoms with Crippen LogP contribution < -0.4 is 0 Å². The molecule has 24 heavy (non-hydrogen) atoms. The van der Waals surface area contributed by atoms with Gasteiger partial charge in [-0.25, -0.2) is 4.79 Å². The summed E-state index contributed by atoms with van der Waals surface area (Å²) < 4.78 is 0. The molecule has 0 aliphatic carbocycles. The van der Waals surface area contributed by atoms with Gasteiger partial charge in [-0.15, -0.1) is 0 Å². The largest absolute Gasteiger partial charge is 0.478 e. The minimum absolute atomic E-state index is 0.0214. The number of aromatic nitrogens is 1. The van der Waals surface area contributed by atoms with Gasteiger partial charge in [-0.1, -0.05) is 23.2 Å². The van der Waals surface area contributed by atoms with Crippen LogP contribution in [0.1, 0.15) is 26.4 Å². The standard InChI is InChI=1S/C17H10Cl2N2O3/c18-11-3-4-13(19)12(8-11)15(22)17(6-1-7-21-17)14-5-2-10(9-20-14)16(23)24/h1-9H,(H,23,24). The fourth-order valence-electron chi connectivity index (χ4n) is 2.41. The van der Waals surface area contributed by atoms with Gasteiger partial charge in [0, 0.05) is 23.0 Å². The molecule has 120 valence electrons. The second-order valence-corrected chi connectivity index (χ2v) is 5.94. The Morgan fingerprint density at radius 2 is 1.92 bits per heavy atom. The quantitative estimate of drug-likeness (QED) is 0.840. The molecule has 1 aromatic heterocycles. The first-order valence-electron chi connectivity index (χ1n) is 6.87. The number of hydrogen-bond donors (Lipinski definition) is 1. The zero-order chi connectivity index (χ0) is 17.3. The van der Waals surface area contributed by atoms with Crippen LogP contribution >= 0.6 is 23.2 Å². The van der Waals surface area contributed by atoms with Crippen molar-refractivity contribution >= 4 is 41.2 Å². The summed E-state index contributed by atoms with van der Waals surface area (Å²) >= 11 is 12.1. The molecule has 1 aliphatic rings. The number of pyridine rings is 1. The van der Waals surface area contributed by atoms with Gasteiger partial charge in [0.15, 0.2) is 5.54 Å². The Morgan fingerprint density at radius 3 is 2.50 bits per heavy atom. The summed E-state index contributed by atoms with van der Waals surface area (Å²) in [5.41, 5.74) is -0.839. The molecular weight excluding hydrogens is 351 g/mol. The van der Waals surface area contributed by atoms with Gasteiger partial charge in [-0.05, 0) is 42.5 Å². The summed E-state index contributed by atoms with van der Waals surface area (Å²) in [6, 6.07) is 7.43. The third-order valence-electron chi connectivity index (χ3n) is 3.62. The molecule has 0 saturated heterocycles. The van der Waals surface area contributed by atoms with Crippen LogP contribution in [0.15, 0.2) is 53.7 Å². The lowest BCUT2D eigenvalue weighted by Gasteiger charge is -2.23. The lowest BCUT2D eigenvalue weighted by molar-refractivity contribution is 0.0696. The SMILES string of the molecule is O=C(O)c1ccc(C2(C(=O)c3cc(Cl)ccc3Cl)C=CC=N2)nc1. The van der Waals surface area contributed by atoms with Gasteiger partial charge in [0.05, 0.1) is 16.3 Å². The molecule has 1 atom stereocenters. The van der Waals surface area contributed by atoms with Crippen molar-refractivity contribution in [1.29, 1.82) is 0 Å². The number of carboxylic acids is 1. The number of ketones is 1. The first kappa shape index (κ1) is 16.4. The van der Waals surface area contributed by atoms with Crippen LogP contribution in [-0.2, 0) is 5.54 Å². The summed E-state index contributed by atoms with van der Waals surface area (Å²) in [6.45, 7) is 0. The summed E-state index contributed by atoms with van der Waals surface area (Å²) in [5.74, 6) is -1.49. The fraction of sp³-hybridized carbons (Fsp3) is 0.0588. The molecule has 0 fully saturated rings. The van der Waals surface area contributed by atoms with Crippen molar-refractivity contribution in [1.82, 2.24) is 4.98 Å². The lowest BCUT2D eigenvalue weighted by Crippen LogP contribution is -2.32. The highest BCUT2D eigenvalue weighted by atomic mass is 35.5. The Balaban J connectivity index is 2.11. The van der Waals surface area contributed by atoms with Crippen LogP contribution in [0.25, 0.3) is 0 Å². The van der Waals surface area contributed by atoms with Crippen molar-refractivity contribution in [3.63, 3.8) is 0 Å². The number of rotatable bonds is 4. The van der Waals surface area contributed by atoms with E-state index in [0.717, 1.165) is 0 Å². The highest BCUT2D eigenvalue weighted by Crippen LogP contribution is 2.35. The van der Waals surface area contributed by atoms with Crippen LogP contribution in [0.3, 0.4) is 0 Å². The van der Waals surface area contributed by atoms with Crippen molar-refractivity contribution in [3.8, 4) is 0 Å². The molecule has 2 heterocycles. The molecule has 3 rings (SSSR count). The van der Waals surface area contributed by atoms with E-state index in [1.54, 1.807) is 18.2 Å². The minimum atomic E-state index is -1.38. The number of allylic oxidation sites excluding steroid dienone is 1. The third kappa shape index (κ3) is 2.72. The summed E-state index contributed by atoms with van der Waals surface area (Å²) in [4.78, 5) is 32.4.